The van der Waals surface area contributed by atoms with Crippen molar-refractivity contribution in [2.75, 3.05) is 10.6 Å². The average Bonchev–Trinajstić information content (AvgIpc) is 2.49. The highest BCUT2D eigenvalue weighted by atomic mass is 19.1. The number of aromatic nitrogens is 3. The van der Waals surface area contributed by atoms with E-state index in [1.54, 1.807) is 24.3 Å². The highest BCUT2D eigenvalue weighted by molar-refractivity contribution is 5.98. The number of anilines is 2. The Hall–Kier alpha value is -3.29. The van der Waals surface area contributed by atoms with Gasteiger partial charge in [0.2, 0.25) is 0 Å². The number of para-hydroxylation sites is 2. The van der Waals surface area contributed by atoms with Crippen LogP contribution >= 0.6 is 0 Å². The van der Waals surface area contributed by atoms with Crippen LogP contribution in [0.5, 0.6) is 0 Å². The molecule has 0 bridgehead atoms. The molecule has 1 aromatic heterocycles. The molecule has 3 rings (SSSR count). The first-order chi connectivity index (χ1) is 10.6. The average molecular weight is 299 g/mol. The van der Waals surface area contributed by atoms with Crippen molar-refractivity contribution < 1.29 is 14.0 Å². The summed E-state index contributed by atoms with van der Waals surface area (Å²) in [4.78, 5) is 16.3. The van der Waals surface area contributed by atoms with E-state index >= 15 is 0 Å². The van der Waals surface area contributed by atoms with Gasteiger partial charge >= 0.3 is 6.03 Å². The number of carbonyl (C=O) groups excluding carboxylic acids is 1. The Labute approximate surface area is 124 Å². The minimum atomic E-state index is -0.637. The molecule has 0 spiro atoms. The molecule has 0 aliphatic rings. The first kappa shape index (κ1) is 13.7. The van der Waals surface area contributed by atoms with E-state index in [-0.39, 0.29) is 5.95 Å². The number of rotatable bonds is 2. The number of fused-ring (bicyclic) bond motifs is 1. The quantitative estimate of drug-likeness (QED) is 0.559. The largest absolute Gasteiger partial charge is 0.594 e. The number of hydrogen-bond acceptors (Lipinski definition) is 4. The van der Waals surface area contributed by atoms with Crippen molar-refractivity contribution in [2.45, 2.75) is 0 Å². The summed E-state index contributed by atoms with van der Waals surface area (Å²) in [6.45, 7) is 0. The van der Waals surface area contributed by atoms with Crippen LogP contribution in [0.1, 0.15) is 0 Å². The molecule has 22 heavy (non-hydrogen) atoms. The number of hydrogen-bond donors (Lipinski definition) is 2. The topological polar surface area (TPSA) is 93.9 Å². The van der Waals surface area contributed by atoms with E-state index in [4.69, 9.17) is 0 Å². The smallest absolute Gasteiger partial charge is 0.326 e. The van der Waals surface area contributed by atoms with Crippen molar-refractivity contribution >= 4 is 28.7 Å². The minimum absolute atomic E-state index is 0.131. The molecule has 2 amide bonds. The molecule has 1 heterocycles. The first-order valence-electron chi connectivity index (χ1n) is 6.32. The Kier molecular flexibility index (Phi) is 3.48. The van der Waals surface area contributed by atoms with Gasteiger partial charge in [0.05, 0.1) is 5.10 Å². The molecule has 0 atom stereocenters. The van der Waals surface area contributed by atoms with Gasteiger partial charge in [0.1, 0.15) is 11.3 Å². The van der Waals surface area contributed by atoms with E-state index in [1.807, 2.05) is 0 Å². The predicted octanol–water partition coefficient (Wildman–Crippen LogP) is 2.05. The fraction of sp³-hybridized carbons (Fsp3) is 0. The summed E-state index contributed by atoms with van der Waals surface area (Å²) in [6.07, 6.45) is 0. The lowest BCUT2D eigenvalue weighted by Gasteiger charge is -2.06. The van der Waals surface area contributed by atoms with Crippen LogP contribution in [0.15, 0.2) is 48.5 Å². The van der Waals surface area contributed by atoms with E-state index in [0.29, 0.717) is 21.6 Å². The summed E-state index contributed by atoms with van der Waals surface area (Å²) in [5.41, 5.74) is 1.10. The Morgan fingerprint density at radius 1 is 1.09 bits per heavy atom. The van der Waals surface area contributed by atoms with Crippen LogP contribution in [0.2, 0.25) is 0 Å². The molecule has 0 aliphatic carbocycles. The van der Waals surface area contributed by atoms with E-state index < -0.39 is 11.8 Å². The van der Waals surface area contributed by atoms with Crippen LogP contribution < -0.4 is 15.5 Å². The zero-order valence-corrected chi connectivity index (χ0v) is 11.2. The van der Waals surface area contributed by atoms with Crippen LogP contribution in [0.3, 0.4) is 0 Å². The lowest BCUT2D eigenvalue weighted by Crippen LogP contribution is -2.34. The standard InChI is InChI=1S/C14H10FN5O2/c15-9-5-7-10(8-6-9)16-14(21)18-13-17-11-3-1-2-4-12(11)20(22)19-13/h1-8H,(H2,16,17,18,19,21). The second-order valence-corrected chi connectivity index (χ2v) is 4.38. The van der Waals surface area contributed by atoms with Gasteiger partial charge in [-0.3, -0.25) is 5.32 Å². The molecular formula is C14H10FN5O2. The fourth-order valence-corrected chi connectivity index (χ4v) is 1.85. The maximum atomic E-state index is 12.8. The third kappa shape index (κ3) is 2.90. The lowest BCUT2D eigenvalue weighted by atomic mass is 10.3. The lowest BCUT2D eigenvalue weighted by molar-refractivity contribution is -0.641. The number of halogens is 1. The van der Waals surface area contributed by atoms with Gasteiger partial charge in [-0.15, -0.1) is 0 Å². The number of carbonyl (C=O) groups is 1. The van der Waals surface area contributed by atoms with Crippen molar-refractivity contribution in [3.05, 3.63) is 59.6 Å². The Bertz CT molecular complexity index is 838. The fourth-order valence-electron chi connectivity index (χ4n) is 1.85. The summed E-state index contributed by atoms with van der Waals surface area (Å²) in [6, 6.07) is 11.2. The zero-order chi connectivity index (χ0) is 15.5. The first-order valence-corrected chi connectivity index (χ1v) is 6.32. The van der Waals surface area contributed by atoms with Crippen LogP contribution in [-0.2, 0) is 0 Å². The SMILES string of the molecule is O=C(Nc1ccc(F)cc1)Nc1nc2ccccc2[n+]([O-])n1. The van der Waals surface area contributed by atoms with Crippen LogP contribution in [-0.4, -0.2) is 16.1 Å². The van der Waals surface area contributed by atoms with Gasteiger partial charge in [0.25, 0.3) is 11.5 Å². The highest BCUT2D eigenvalue weighted by Gasteiger charge is 2.12. The summed E-state index contributed by atoms with van der Waals surface area (Å²) in [5.74, 6) is -0.537. The van der Waals surface area contributed by atoms with Gasteiger partial charge in [-0.1, -0.05) is 12.1 Å². The summed E-state index contributed by atoms with van der Waals surface area (Å²) >= 11 is 0. The normalized spacial score (nSPS) is 10.4. The molecule has 0 fully saturated rings. The van der Waals surface area contributed by atoms with Crippen LogP contribution in [0, 0.1) is 11.0 Å². The summed E-state index contributed by atoms with van der Waals surface area (Å²) in [5, 5.41) is 20.2. The van der Waals surface area contributed by atoms with Crippen LogP contribution in [0.25, 0.3) is 11.0 Å². The molecule has 0 aliphatic heterocycles. The number of nitrogens with zero attached hydrogens (tertiary/aromatic N) is 3. The molecule has 7 nitrogen and oxygen atoms in total. The molecule has 2 N–H and O–H groups in total. The number of benzene rings is 2. The number of amides is 2. The molecule has 0 unspecified atom stereocenters. The van der Waals surface area contributed by atoms with E-state index in [1.165, 1.54) is 24.3 Å². The van der Waals surface area contributed by atoms with E-state index in [2.05, 4.69) is 20.7 Å². The van der Waals surface area contributed by atoms with Crippen molar-refractivity contribution in [3.8, 4) is 0 Å². The maximum absolute atomic E-state index is 12.8. The van der Waals surface area contributed by atoms with Gasteiger partial charge in [0, 0.05) is 11.8 Å². The molecule has 8 heteroatoms. The second-order valence-electron chi connectivity index (χ2n) is 4.38. The monoisotopic (exact) mass is 299 g/mol. The minimum Gasteiger partial charge on any atom is -0.594 e. The molecule has 0 saturated carbocycles. The number of nitrogens with one attached hydrogen (secondary N) is 2. The van der Waals surface area contributed by atoms with Crippen molar-refractivity contribution in [2.24, 2.45) is 0 Å². The van der Waals surface area contributed by atoms with Gasteiger partial charge in [-0.25, -0.2) is 14.2 Å². The van der Waals surface area contributed by atoms with Crippen LogP contribution in [0.4, 0.5) is 20.8 Å². The Balaban J connectivity index is 1.77. The summed E-state index contributed by atoms with van der Waals surface area (Å²) < 4.78 is 12.8. The second kappa shape index (κ2) is 5.60. The molecule has 2 aromatic carbocycles. The Morgan fingerprint density at radius 2 is 1.82 bits per heavy atom. The molecule has 110 valence electrons. The zero-order valence-electron chi connectivity index (χ0n) is 11.2. The van der Waals surface area contributed by atoms with Crippen molar-refractivity contribution in [1.29, 1.82) is 0 Å². The maximum Gasteiger partial charge on any atom is 0.326 e. The third-order valence-corrected chi connectivity index (χ3v) is 2.83. The predicted molar refractivity (Wildman–Crippen MR) is 77.5 cm³/mol. The van der Waals surface area contributed by atoms with Gasteiger partial charge in [-0.2, -0.15) is 0 Å². The van der Waals surface area contributed by atoms with Gasteiger partial charge < -0.3 is 10.5 Å². The molecule has 0 radical (unpaired) electrons. The molecule has 3 aromatic rings. The van der Waals surface area contributed by atoms with Gasteiger partial charge in [0.15, 0.2) is 0 Å². The molecular weight excluding hydrogens is 289 g/mol. The third-order valence-electron chi connectivity index (χ3n) is 2.83. The Morgan fingerprint density at radius 3 is 2.59 bits per heavy atom. The van der Waals surface area contributed by atoms with E-state index in [0.717, 1.165) is 0 Å². The van der Waals surface area contributed by atoms with E-state index in [9.17, 15) is 14.4 Å². The van der Waals surface area contributed by atoms with Crippen molar-refractivity contribution in [1.82, 2.24) is 10.1 Å². The number of urea groups is 1. The highest BCUT2D eigenvalue weighted by Crippen LogP contribution is 2.10. The summed E-state index contributed by atoms with van der Waals surface area (Å²) in [7, 11) is 0. The van der Waals surface area contributed by atoms with Gasteiger partial charge in [-0.05, 0) is 35.2 Å². The molecule has 0 saturated heterocycles. The van der Waals surface area contributed by atoms with Crippen molar-refractivity contribution in [3.63, 3.8) is 0 Å².